The highest BCUT2D eigenvalue weighted by atomic mass is 16.5. The number of rotatable bonds is 8. The fraction of sp³-hybridized carbons (Fsp3) is 0.412. The van der Waals surface area contributed by atoms with E-state index in [4.69, 9.17) is 4.74 Å². The first-order chi connectivity index (χ1) is 11.3. The van der Waals surface area contributed by atoms with Gasteiger partial charge in [0.25, 0.3) is 0 Å². The summed E-state index contributed by atoms with van der Waals surface area (Å²) in [6, 6.07) is 8.51. The quantitative estimate of drug-likeness (QED) is 0.441. The number of imidazole rings is 1. The molecule has 124 valence electrons. The van der Waals surface area contributed by atoms with Crippen LogP contribution < -0.4 is 10.6 Å². The minimum Gasteiger partial charge on any atom is -0.383 e. The van der Waals surface area contributed by atoms with Gasteiger partial charge in [-0.15, -0.1) is 0 Å². The van der Waals surface area contributed by atoms with Gasteiger partial charge in [0.2, 0.25) is 0 Å². The minimum atomic E-state index is 0.646. The molecule has 0 bridgehead atoms. The first-order valence-corrected chi connectivity index (χ1v) is 7.86. The van der Waals surface area contributed by atoms with Crippen molar-refractivity contribution in [1.29, 1.82) is 0 Å². The van der Waals surface area contributed by atoms with E-state index in [0.29, 0.717) is 13.2 Å². The highest BCUT2D eigenvalue weighted by Gasteiger charge is 1.99. The Bertz CT molecular complexity index is 578. The summed E-state index contributed by atoms with van der Waals surface area (Å²) in [7, 11) is 1.69. The van der Waals surface area contributed by atoms with Gasteiger partial charge in [-0.1, -0.05) is 24.3 Å². The smallest absolute Gasteiger partial charge is 0.191 e. The van der Waals surface area contributed by atoms with Crippen LogP contribution in [-0.2, 0) is 17.8 Å². The predicted octanol–water partition coefficient (Wildman–Crippen LogP) is 1.63. The molecular formula is C17H25N5O. The summed E-state index contributed by atoms with van der Waals surface area (Å²) in [5, 5.41) is 6.46. The lowest BCUT2D eigenvalue weighted by Gasteiger charge is -2.11. The van der Waals surface area contributed by atoms with Crippen LogP contribution in [0.4, 0.5) is 0 Å². The summed E-state index contributed by atoms with van der Waals surface area (Å²) in [6.45, 7) is 5.78. The van der Waals surface area contributed by atoms with Crippen LogP contribution in [0.3, 0.4) is 0 Å². The van der Waals surface area contributed by atoms with E-state index in [1.54, 1.807) is 13.3 Å². The summed E-state index contributed by atoms with van der Waals surface area (Å²) in [4.78, 5) is 8.64. The third-order valence-electron chi connectivity index (χ3n) is 3.31. The summed E-state index contributed by atoms with van der Waals surface area (Å²) >= 11 is 0. The van der Waals surface area contributed by atoms with Crippen molar-refractivity contribution in [3.8, 4) is 0 Å². The van der Waals surface area contributed by atoms with Gasteiger partial charge >= 0.3 is 0 Å². The van der Waals surface area contributed by atoms with Crippen LogP contribution in [0.5, 0.6) is 0 Å². The molecule has 0 aliphatic heterocycles. The molecule has 0 spiro atoms. The number of nitrogens with one attached hydrogen (secondary N) is 2. The van der Waals surface area contributed by atoms with Crippen LogP contribution >= 0.6 is 0 Å². The minimum absolute atomic E-state index is 0.646. The van der Waals surface area contributed by atoms with Crippen LogP contribution in [0, 0.1) is 0 Å². The van der Waals surface area contributed by atoms with Gasteiger partial charge < -0.3 is 19.9 Å². The van der Waals surface area contributed by atoms with Crippen LogP contribution in [0.1, 0.15) is 18.1 Å². The Morgan fingerprint density at radius 1 is 1.22 bits per heavy atom. The van der Waals surface area contributed by atoms with E-state index in [1.165, 1.54) is 11.1 Å². The molecule has 0 atom stereocenters. The van der Waals surface area contributed by atoms with Gasteiger partial charge in [0.15, 0.2) is 5.96 Å². The fourth-order valence-corrected chi connectivity index (χ4v) is 2.12. The molecule has 6 nitrogen and oxygen atoms in total. The lowest BCUT2D eigenvalue weighted by atomic mass is 10.1. The molecular weight excluding hydrogens is 290 g/mol. The Kier molecular flexibility index (Phi) is 7.13. The molecule has 0 saturated carbocycles. The third-order valence-corrected chi connectivity index (χ3v) is 3.31. The van der Waals surface area contributed by atoms with Crippen LogP contribution in [-0.4, -0.2) is 42.3 Å². The van der Waals surface area contributed by atoms with Crippen molar-refractivity contribution < 1.29 is 4.74 Å². The SMILES string of the molecule is CCNC(=NCc1ccc(Cn2ccnc2)cc1)NCCOC. The second-order valence-corrected chi connectivity index (χ2v) is 5.17. The molecule has 2 rings (SSSR count). The van der Waals surface area contributed by atoms with E-state index in [0.717, 1.165) is 25.6 Å². The molecule has 0 aliphatic carbocycles. The number of benzene rings is 1. The summed E-state index contributed by atoms with van der Waals surface area (Å²) in [5.74, 6) is 0.812. The van der Waals surface area contributed by atoms with E-state index in [1.807, 2.05) is 12.5 Å². The lowest BCUT2D eigenvalue weighted by Crippen LogP contribution is -2.38. The number of ether oxygens (including phenoxy) is 1. The second-order valence-electron chi connectivity index (χ2n) is 5.17. The number of hydrogen-bond donors (Lipinski definition) is 2. The molecule has 0 radical (unpaired) electrons. The molecule has 0 fully saturated rings. The standard InChI is InChI=1S/C17H25N5O/c1-3-19-17(20-9-11-23-2)21-12-15-4-6-16(7-5-15)13-22-10-8-18-14-22/h4-8,10,14H,3,9,11-13H2,1-2H3,(H2,19,20,21). The first-order valence-electron chi connectivity index (χ1n) is 7.86. The Labute approximate surface area is 137 Å². The maximum Gasteiger partial charge on any atom is 0.191 e. The number of aliphatic imine (C=N–C) groups is 1. The fourth-order valence-electron chi connectivity index (χ4n) is 2.12. The van der Waals surface area contributed by atoms with Crippen molar-refractivity contribution in [2.24, 2.45) is 4.99 Å². The molecule has 0 saturated heterocycles. The van der Waals surface area contributed by atoms with Gasteiger partial charge in [-0.05, 0) is 18.1 Å². The average Bonchev–Trinajstić information content (AvgIpc) is 3.07. The van der Waals surface area contributed by atoms with Crippen LogP contribution in [0.25, 0.3) is 0 Å². The van der Waals surface area contributed by atoms with Crippen LogP contribution in [0.15, 0.2) is 48.0 Å². The molecule has 0 unspecified atom stereocenters. The van der Waals surface area contributed by atoms with E-state index in [-0.39, 0.29) is 0 Å². The zero-order valence-electron chi connectivity index (χ0n) is 13.8. The molecule has 0 amide bonds. The number of hydrogen-bond acceptors (Lipinski definition) is 3. The summed E-state index contributed by atoms with van der Waals surface area (Å²) < 4.78 is 7.09. The van der Waals surface area contributed by atoms with Crippen molar-refractivity contribution in [3.05, 3.63) is 54.1 Å². The Hall–Kier alpha value is -2.34. The molecule has 0 aliphatic rings. The van der Waals surface area contributed by atoms with Gasteiger partial charge in [0, 0.05) is 39.1 Å². The maximum absolute atomic E-state index is 5.04. The molecule has 1 heterocycles. The number of nitrogens with zero attached hydrogens (tertiary/aromatic N) is 3. The second kappa shape index (κ2) is 9.63. The predicted molar refractivity (Wildman–Crippen MR) is 92.5 cm³/mol. The van der Waals surface area contributed by atoms with Gasteiger partial charge in [0.1, 0.15) is 0 Å². The van der Waals surface area contributed by atoms with E-state index >= 15 is 0 Å². The maximum atomic E-state index is 5.04. The van der Waals surface area contributed by atoms with E-state index in [2.05, 4.69) is 56.4 Å². The van der Waals surface area contributed by atoms with Gasteiger partial charge in [0.05, 0.1) is 19.5 Å². The highest BCUT2D eigenvalue weighted by Crippen LogP contribution is 2.07. The average molecular weight is 315 g/mol. The first kappa shape index (κ1) is 17.0. The summed E-state index contributed by atoms with van der Waals surface area (Å²) in [5.41, 5.74) is 2.43. The van der Waals surface area contributed by atoms with Crippen molar-refractivity contribution in [2.75, 3.05) is 26.8 Å². The van der Waals surface area contributed by atoms with Crippen molar-refractivity contribution >= 4 is 5.96 Å². The Morgan fingerprint density at radius 2 is 2.00 bits per heavy atom. The molecule has 1 aromatic carbocycles. The monoisotopic (exact) mass is 315 g/mol. The van der Waals surface area contributed by atoms with Gasteiger partial charge in [-0.2, -0.15) is 0 Å². The summed E-state index contributed by atoms with van der Waals surface area (Å²) in [6.07, 6.45) is 5.58. The third kappa shape index (κ3) is 6.12. The number of guanidine groups is 1. The molecule has 2 aromatic rings. The molecule has 6 heteroatoms. The van der Waals surface area contributed by atoms with Crippen LogP contribution in [0.2, 0.25) is 0 Å². The largest absolute Gasteiger partial charge is 0.383 e. The van der Waals surface area contributed by atoms with E-state index < -0.39 is 0 Å². The zero-order chi connectivity index (χ0) is 16.3. The molecule has 2 N–H and O–H groups in total. The Balaban J connectivity index is 1.89. The molecule has 1 aromatic heterocycles. The zero-order valence-corrected chi connectivity index (χ0v) is 13.8. The number of methoxy groups -OCH3 is 1. The highest BCUT2D eigenvalue weighted by molar-refractivity contribution is 5.79. The van der Waals surface area contributed by atoms with Gasteiger partial charge in [-0.3, -0.25) is 0 Å². The number of aromatic nitrogens is 2. The Morgan fingerprint density at radius 3 is 2.65 bits per heavy atom. The molecule has 23 heavy (non-hydrogen) atoms. The van der Waals surface area contributed by atoms with Gasteiger partial charge in [-0.25, -0.2) is 9.98 Å². The van der Waals surface area contributed by atoms with Crippen molar-refractivity contribution in [2.45, 2.75) is 20.0 Å². The van der Waals surface area contributed by atoms with Crippen molar-refractivity contribution in [1.82, 2.24) is 20.2 Å². The lowest BCUT2D eigenvalue weighted by molar-refractivity contribution is 0.203. The van der Waals surface area contributed by atoms with Crippen molar-refractivity contribution in [3.63, 3.8) is 0 Å². The topological polar surface area (TPSA) is 63.5 Å². The normalized spacial score (nSPS) is 11.5. The van der Waals surface area contributed by atoms with E-state index in [9.17, 15) is 0 Å².